The first-order valence-corrected chi connectivity index (χ1v) is 13.4. The van der Waals surface area contributed by atoms with Crippen LogP contribution < -0.4 is 9.64 Å². The van der Waals surface area contributed by atoms with E-state index in [9.17, 15) is 13.2 Å². The van der Waals surface area contributed by atoms with Crippen LogP contribution in [-0.4, -0.2) is 63.3 Å². The van der Waals surface area contributed by atoms with Gasteiger partial charge in [0.1, 0.15) is 17.9 Å². The second-order valence-electron chi connectivity index (χ2n) is 11.6. The monoisotopic (exact) mass is 526 g/mol. The highest BCUT2D eigenvalue weighted by Crippen LogP contribution is 2.46. The zero-order valence-electron chi connectivity index (χ0n) is 21.8. The van der Waals surface area contributed by atoms with Crippen LogP contribution in [0.3, 0.4) is 0 Å². The Morgan fingerprint density at radius 2 is 1.92 bits per heavy atom. The van der Waals surface area contributed by atoms with E-state index in [4.69, 9.17) is 4.74 Å². The van der Waals surface area contributed by atoms with E-state index in [0.29, 0.717) is 29.3 Å². The number of hydrogen-bond acceptors (Lipinski definition) is 6. The lowest BCUT2D eigenvalue weighted by Crippen LogP contribution is -2.72. The fourth-order valence-corrected chi connectivity index (χ4v) is 6.41. The Balaban J connectivity index is 1.13. The molecular weight excluding hydrogens is 493 g/mol. The van der Waals surface area contributed by atoms with Crippen molar-refractivity contribution in [1.29, 1.82) is 0 Å². The maximum atomic E-state index is 14.3. The number of nitrogens with zero attached hydrogens (tertiary/aromatic N) is 6. The van der Waals surface area contributed by atoms with E-state index in [2.05, 4.69) is 24.9 Å². The molecule has 3 aliphatic rings. The van der Waals surface area contributed by atoms with Crippen molar-refractivity contribution in [3.05, 3.63) is 48.8 Å². The van der Waals surface area contributed by atoms with Crippen LogP contribution in [0.5, 0.6) is 11.5 Å². The zero-order valence-corrected chi connectivity index (χ0v) is 21.8. The lowest BCUT2D eigenvalue weighted by molar-refractivity contribution is -0.0771. The van der Waals surface area contributed by atoms with Crippen LogP contribution in [0.4, 0.5) is 19.0 Å². The summed E-state index contributed by atoms with van der Waals surface area (Å²) in [6.07, 6.45) is 6.41. The smallest absolute Gasteiger partial charge is 0.248 e. The third-order valence-corrected chi connectivity index (χ3v) is 7.98. The molecule has 1 spiro atoms. The standard InChI is InChI=1S/C28H33F3N6O/c1-19(2)37-23(7-9-34-37)22-10-21(29)5-6-24(22)38-25-12-32-18-33-26(25)36-16-27(17-36)14-35(15-27)13-20-4-3-8-28(30,31)11-20/h5-7,9-10,12,18-20H,3-4,8,11,13-17H2,1-2H3. The van der Waals surface area contributed by atoms with Crippen molar-refractivity contribution in [1.82, 2.24) is 24.6 Å². The Hall–Kier alpha value is -3.14. The molecule has 0 N–H and O–H groups in total. The first kappa shape index (κ1) is 25.2. The minimum absolute atomic E-state index is 0.0214. The summed E-state index contributed by atoms with van der Waals surface area (Å²) < 4.78 is 50.0. The van der Waals surface area contributed by atoms with E-state index in [-0.39, 0.29) is 36.0 Å². The summed E-state index contributed by atoms with van der Waals surface area (Å²) in [5, 5.41) is 4.38. The Kier molecular flexibility index (Phi) is 6.32. The average Bonchev–Trinajstić information content (AvgIpc) is 3.31. The number of rotatable bonds is 7. The van der Waals surface area contributed by atoms with Gasteiger partial charge in [-0.15, -0.1) is 0 Å². The third-order valence-electron chi connectivity index (χ3n) is 7.98. The molecule has 0 bridgehead atoms. The van der Waals surface area contributed by atoms with Gasteiger partial charge in [0.15, 0.2) is 11.6 Å². The highest BCUT2D eigenvalue weighted by molar-refractivity contribution is 5.69. The molecule has 1 aliphatic carbocycles. The number of benzene rings is 1. The summed E-state index contributed by atoms with van der Waals surface area (Å²) in [6, 6.07) is 6.40. The molecule has 1 saturated carbocycles. The molecule has 6 rings (SSSR count). The van der Waals surface area contributed by atoms with Gasteiger partial charge >= 0.3 is 0 Å². The minimum Gasteiger partial charge on any atom is -0.451 e. The molecule has 202 valence electrons. The Labute approximate surface area is 220 Å². The zero-order chi connectivity index (χ0) is 26.5. The largest absolute Gasteiger partial charge is 0.451 e. The summed E-state index contributed by atoms with van der Waals surface area (Å²) >= 11 is 0. The van der Waals surface area contributed by atoms with Crippen LogP contribution >= 0.6 is 0 Å². The van der Waals surface area contributed by atoms with E-state index >= 15 is 0 Å². The number of likely N-dealkylation sites (tertiary alicyclic amines) is 1. The fourth-order valence-electron chi connectivity index (χ4n) is 6.41. The average molecular weight is 527 g/mol. The lowest BCUT2D eigenvalue weighted by atomic mass is 9.72. The Bertz CT molecular complexity index is 1300. The normalized spacial score (nSPS) is 22.4. The number of anilines is 1. The molecule has 4 heterocycles. The molecule has 2 aliphatic heterocycles. The fraction of sp³-hybridized carbons (Fsp3) is 0.536. The van der Waals surface area contributed by atoms with Gasteiger partial charge in [-0.1, -0.05) is 0 Å². The van der Waals surface area contributed by atoms with Crippen molar-refractivity contribution in [2.45, 2.75) is 51.5 Å². The first-order chi connectivity index (χ1) is 18.2. The van der Waals surface area contributed by atoms with Crippen LogP contribution in [-0.2, 0) is 0 Å². The van der Waals surface area contributed by atoms with Crippen LogP contribution in [0, 0.1) is 17.2 Å². The van der Waals surface area contributed by atoms with E-state index in [1.807, 2.05) is 24.6 Å². The molecule has 2 saturated heterocycles. The lowest BCUT2D eigenvalue weighted by Gasteiger charge is -2.61. The molecule has 1 atom stereocenters. The third kappa shape index (κ3) is 4.86. The summed E-state index contributed by atoms with van der Waals surface area (Å²) in [4.78, 5) is 13.2. The van der Waals surface area contributed by atoms with Gasteiger partial charge in [0.2, 0.25) is 5.92 Å². The van der Waals surface area contributed by atoms with Crippen LogP contribution in [0.1, 0.15) is 45.6 Å². The topological polar surface area (TPSA) is 59.3 Å². The van der Waals surface area contributed by atoms with Gasteiger partial charge < -0.3 is 14.5 Å². The van der Waals surface area contributed by atoms with Gasteiger partial charge in [-0.05, 0) is 56.9 Å². The number of halogens is 3. The van der Waals surface area contributed by atoms with E-state index in [1.165, 1.54) is 18.5 Å². The van der Waals surface area contributed by atoms with Crippen molar-refractivity contribution < 1.29 is 17.9 Å². The van der Waals surface area contributed by atoms with Crippen LogP contribution in [0.25, 0.3) is 11.3 Å². The van der Waals surface area contributed by atoms with E-state index < -0.39 is 5.92 Å². The Morgan fingerprint density at radius 3 is 2.68 bits per heavy atom. The number of aromatic nitrogens is 4. The molecule has 0 amide bonds. The Morgan fingerprint density at radius 1 is 1.11 bits per heavy atom. The predicted octanol–water partition coefficient (Wildman–Crippen LogP) is 5.80. The highest BCUT2D eigenvalue weighted by atomic mass is 19.3. The molecule has 2 aromatic heterocycles. The number of hydrogen-bond donors (Lipinski definition) is 0. The predicted molar refractivity (Wildman–Crippen MR) is 138 cm³/mol. The second-order valence-corrected chi connectivity index (χ2v) is 11.6. The number of alkyl halides is 2. The second kappa shape index (κ2) is 9.55. The molecule has 1 unspecified atom stereocenters. The molecule has 0 radical (unpaired) electrons. The molecule has 3 aromatic rings. The maximum absolute atomic E-state index is 14.3. The highest BCUT2D eigenvalue weighted by Gasteiger charge is 2.53. The van der Waals surface area contributed by atoms with Crippen LogP contribution in [0.2, 0.25) is 0 Å². The van der Waals surface area contributed by atoms with Gasteiger partial charge in [-0.2, -0.15) is 5.10 Å². The molecule has 3 fully saturated rings. The van der Waals surface area contributed by atoms with Gasteiger partial charge in [0, 0.05) is 68.8 Å². The van der Waals surface area contributed by atoms with E-state index in [0.717, 1.165) is 44.8 Å². The molecular formula is C28H33F3N6O. The number of ether oxygens (including phenoxy) is 1. The SMILES string of the molecule is CC(C)n1nccc1-c1cc(F)ccc1Oc1cncnc1N1CC2(CN(CC3CCCC(F)(F)C3)C2)C1. The first-order valence-electron chi connectivity index (χ1n) is 13.4. The molecule has 10 heteroatoms. The molecule has 38 heavy (non-hydrogen) atoms. The maximum Gasteiger partial charge on any atom is 0.248 e. The summed E-state index contributed by atoms with van der Waals surface area (Å²) in [7, 11) is 0. The van der Waals surface area contributed by atoms with Gasteiger partial charge in [0.05, 0.1) is 11.9 Å². The van der Waals surface area contributed by atoms with Gasteiger partial charge in [-0.25, -0.2) is 23.1 Å². The van der Waals surface area contributed by atoms with Crippen molar-refractivity contribution in [3.63, 3.8) is 0 Å². The van der Waals surface area contributed by atoms with Gasteiger partial charge in [-0.3, -0.25) is 4.68 Å². The summed E-state index contributed by atoms with van der Waals surface area (Å²) in [5.74, 6) is -1.06. The van der Waals surface area contributed by atoms with Crippen molar-refractivity contribution >= 4 is 5.82 Å². The van der Waals surface area contributed by atoms with Crippen molar-refractivity contribution in [3.8, 4) is 22.8 Å². The van der Waals surface area contributed by atoms with Crippen LogP contribution in [0.15, 0.2) is 43.0 Å². The van der Waals surface area contributed by atoms with E-state index in [1.54, 1.807) is 18.5 Å². The van der Waals surface area contributed by atoms with Gasteiger partial charge in [0.25, 0.3) is 0 Å². The quantitative estimate of drug-likeness (QED) is 0.388. The molecule has 7 nitrogen and oxygen atoms in total. The summed E-state index contributed by atoms with van der Waals surface area (Å²) in [5.41, 5.74) is 1.54. The van der Waals surface area contributed by atoms with Crippen molar-refractivity contribution in [2.75, 3.05) is 37.6 Å². The summed E-state index contributed by atoms with van der Waals surface area (Å²) in [6.45, 7) is 8.31. The molecule has 1 aromatic carbocycles. The van der Waals surface area contributed by atoms with Crippen molar-refractivity contribution in [2.24, 2.45) is 11.3 Å². The minimum atomic E-state index is -2.50.